The lowest BCUT2D eigenvalue weighted by molar-refractivity contribution is -0.123. The Hall–Kier alpha value is -3.19. The first kappa shape index (κ1) is 20.1. The Labute approximate surface area is 158 Å². The fraction of sp³-hybridized carbons (Fsp3) is 0.250. The van der Waals surface area contributed by atoms with Crippen LogP contribution in [0.25, 0.3) is 6.08 Å². The molecule has 0 saturated heterocycles. The molecule has 0 atom stereocenters. The largest absolute Gasteiger partial charge is 0.484 e. The number of methoxy groups -OCH3 is 1. The molecule has 0 aliphatic rings. The number of rotatable bonds is 10. The van der Waals surface area contributed by atoms with Crippen LogP contribution >= 0.6 is 0 Å². The Morgan fingerprint density at radius 2 is 1.96 bits per heavy atom. The Bertz CT molecular complexity index is 746. The highest BCUT2D eigenvalue weighted by Crippen LogP contribution is 2.13. The number of benzene rings is 1. The van der Waals surface area contributed by atoms with E-state index in [0.29, 0.717) is 25.4 Å². The molecular formula is C20H23N3O4. The average molecular weight is 369 g/mol. The minimum absolute atomic E-state index is 0.0599. The summed E-state index contributed by atoms with van der Waals surface area (Å²) < 4.78 is 10.3. The number of ether oxygens (including phenoxy) is 2. The first-order chi connectivity index (χ1) is 13.2. The Morgan fingerprint density at radius 1 is 1.15 bits per heavy atom. The molecule has 2 amide bonds. The van der Waals surface area contributed by atoms with Crippen molar-refractivity contribution in [3.05, 3.63) is 66.0 Å². The molecule has 2 N–H and O–H groups in total. The predicted octanol–water partition coefficient (Wildman–Crippen LogP) is 1.55. The van der Waals surface area contributed by atoms with Gasteiger partial charge in [0.15, 0.2) is 6.61 Å². The van der Waals surface area contributed by atoms with E-state index in [4.69, 9.17) is 9.47 Å². The highest BCUT2D eigenvalue weighted by molar-refractivity contribution is 5.91. The van der Waals surface area contributed by atoms with E-state index in [1.165, 1.54) is 6.08 Å². The van der Waals surface area contributed by atoms with Gasteiger partial charge in [0, 0.05) is 38.7 Å². The zero-order chi connectivity index (χ0) is 19.3. The van der Waals surface area contributed by atoms with E-state index in [9.17, 15) is 9.59 Å². The predicted molar refractivity (Wildman–Crippen MR) is 102 cm³/mol. The van der Waals surface area contributed by atoms with Crippen LogP contribution < -0.4 is 15.4 Å². The van der Waals surface area contributed by atoms with Gasteiger partial charge in [-0.25, -0.2) is 0 Å². The number of carbonyl (C=O) groups excluding carboxylic acids is 2. The van der Waals surface area contributed by atoms with Gasteiger partial charge in [0.1, 0.15) is 5.75 Å². The molecule has 0 bridgehead atoms. The Morgan fingerprint density at radius 3 is 2.67 bits per heavy atom. The van der Waals surface area contributed by atoms with E-state index in [1.807, 2.05) is 24.3 Å². The number of nitrogens with one attached hydrogen (secondary N) is 2. The molecule has 0 fully saturated rings. The lowest BCUT2D eigenvalue weighted by Crippen LogP contribution is -2.31. The van der Waals surface area contributed by atoms with E-state index < -0.39 is 0 Å². The van der Waals surface area contributed by atoms with Gasteiger partial charge in [-0.3, -0.25) is 14.6 Å². The van der Waals surface area contributed by atoms with Crippen molar-refractivity contribution in [1.29, 1.82) is 0 Å². The number of pyridine rings is 1. The summed E-state index contributed by atoms with van der Waals surface area (Å²) in [6.07, 6.45) is 6.57. The van der Waals surface area contributed by atoms with Gasteiger partial charge in [0.05, 0.1) is 6.61 Å². The van der Waals surface area contributed by atoms with E-state index in [-0.39, 0.29) is 18.4 Å². The first-order valence-corrected chi connectivity index (χ1v) is 8.50. The number of aromatic nitrogens is 1. The van der Waals surface area contributed by atoms with E-state index in [1.54, 1.807) is 37.7 Å². The second-order valence-electron chi connectivity index (χ2n) is 5.61. The normalized spacial score (nSPS) is 10.6. The molecule has 0 spiro atoms. The van der Waals surface area contributed by atoms with Crippen molar-refractivity contribution in [3.8, 4) is 5.75 Å². The smallest absolute Gasteiger partial charge is 0.258 e. The number of carbonyl (C=O) groups is 2. The second-order valence-corrected chi connectivity index (χ2v) is 5.61. The molecule has 0 saturated carbocycles. The summed E-state index contributed by atoms with van der Waals surface area (Å²) in [4.78, 5) is 27.4. The molecule has 1 heterocycles. The monoisotopic (exact) mass is 369 g/mol. The number of hydrogen-bond acceptors (Lipinski definition) is 5. The fourth-order valence-electron chi connectivity index (χ4n) is 2.09. The van der Waals surface area contributed by atoms with Crippen LogP contribution in [0.3, 0.4) is 0 Å². The maximum Gasteiger partial charge on any atom is 0.258 e. The van der Waals surface area contributed by atoms with Crippen molar-refractivity contribution in [2.24, 2.45) is 0 Å². The SMILES string of the molecule is COCCNC(=O)COc1ccc(C=CC(=O)NCc2cccnc2)cc1. The molecule has 2 aromatic rings. The summed E-state index contributed by atoms with van der Waals surface area (Å²) in [6, 6.07) is 10.8. The van der Waals surface area contributed by atoms with Crippen LogP contribution in [-0.2, 0) is 20.9 Å². The van der Waals surface area contributed by atoms with E-state index >= 15 is 0 Å². The molecule has 7 nitrogen and oxygen atoms in total. The topological polar surface area (TPSA) is 89.5 Å². The molecule has 0 aliphatic heterocycles. The summed E-state index contributed by atoms with van der Waals surface area (Å²) >= 11 is 0. The molecule has 2 rings (SSSR count). The van der Waals surface area contributed by atoms with E-state index in [0.717, 1.165) is 11.1 Å². The summed E-state index contributed by atoms with van der Waals surface area (Å²) in [7, 11) is 1.57. The second kappa shape index (κ2) is 11.4. The molecule has 1 aromatic carbocycles. The summed E-state index contributed by atoms with van der Waals surface area (Å²) in [5.74, 6) is 0.184. The van der Waals surface area contributed by atoms with Gasteiger partial charge in [0.2, 0.25) is 5.91 Å². The molecule has 7 heteroatoms. The van der Waals surface area contributed by atoms with Gasteiger partial charge in [-0.1, -0.05) is 18.2 Å². The third kappa shape index (κ3) is 8.15. The summed E-state index contributed by atoms with van der Waals surface area (Å²) in [5.41, 5.74) is 1.79. The highest BCUT2D eigenvalue weighted by atomic mass is 16.5. The Balaban J connectivity index is 1.73. The average Bonchev–Trinajstić information content (AvgIpc) is 2.71. The first-order valence-electron chi connectivity index (χ1n) is 8.50. The number of nitrogens with zero attached hydrogens (tertiary/aromatic N) is 1. The van der Waals surface area contributed by atoms with Crippen molar-refractivity contribution < 1.29 is 19.1 Å². The lowest BCUT2D eigenvalue weighted by atomic mass is 10.2. The van der Waals surface area contributed by atoms with Gasteiger partial charge in [0.25, 0.3) is 5.91 Å². The van der Waals surface area contributed by atoms with Gasteiger partial charge in [-0.05, 0) is 35.4 Å². The minimum Gasteiger partial charge on any atom is -0.484 e. The Kier molecular flexibility index (Phi) is 8.52. The molecule has 0 aliphatic carbocycles. The third-order valence-corrected chi connectivity index (χ3v) is 3.50. The van der Waals surface area contributed by atoms with Crippen molar-refractivity contribution in [1.82, 2.24) is 15.6 Å². The van der Waals surface area contributed by atoms with Crippen LogP contribution in [0.5, 0.6) is 5.75 Å². The van der Waals surface area contributed by atoms with Crippen molar-refractivity contribution in [3.63, 3.8) is 0 Å². The third-order valence-electron chi connectivity index (χ3n) is 3.50. The molecule has 1 aromatic heterocycles. The van der Waals surface area contributed by atoms with Gasteiger partial charge in [-0.15, -0.1) is 0 Å². The van der Waals surface area contributed by atoms with Crippen molar-refractivity contribution in [2.75, 3.05) is 26.9 Å². The molecule has 0 radical (unpaired) electrons. The van der Waals surface area contributed by atoms with Crippen LogP contribution in [0.2, 0.25) is 0 Å². The maximum absolute atomic E-state index is 11.8. The quantitative estimate of drug-likeness (QED) is 0.490. The van der Waals surface area contributed by atoms with Crippen LogP contribution in [0.15, 0.2) is 54.9 Å². The van der Waals surface area contributed by atoms with Crippen LogP contribution in [0, 0.1) is 0 Å². The number of amides is 2. The molecule has 27 heavy (non-hydrogen) atoms. The van der Waals surface area contributed by atoms with Gasteiger partial charge in [-0.2, -0.15) is 0 Å². The van der Waals surface area contributed by atoms with Crippen LogP contribution in [0.4, 0.5) is 0 Å². The van der Waals surface area contributed by atoms with Crippen LogP contribution in [0.1, 0.15) is 11.1 Å². The number of hydrogen-bond donors (Lipinski definition) is 2. The fourth-order valence-corrected chi connectivity index (χ4v) is 2.09. The van der Waals surface area contributed by atoms with Crippen molar-refractivity contribution in [2.45, 2.75) is 6.54 Å². The summed E-state index contributed by atoms with van der Waals surface area (Å²) in [6.45, 7) is 1.28. The highest BCUT2D eigenvalue weighted by Gasteiger charge is 2.02. The standard InChI is InChI=1S/C20H23N3O4/c1-26-12-11-22-20(25)15-27-18-7-4-16(5-8-18)6-9-19(24)23-14-17-3-2-10-21-13-17/h2-10,13H,11-12,14-15H2,1H3,(H,22,25)(H,23,24). The molecule has 142 valence electrons. The van der Waals surface area contributed by atoms with Crippen LogP contribution in [-0.4, -0.2) is 43.7 Å². The van der Waals surface area contributed by atoms with Gasteiger partial charge >= 0.3 is 0 Å². The molecule has 0 unspecified atom stereocenters. The zero-order valence-corrected chi connectivity index (χ0v) is 15.2. The lowest BCUT2D eigenvalue weighted by Gasteiger charge is -2.07. The van der Waals surface area contributed by atoms with E-state index in [2.05, 4.69) is 15.6 Å². The van der Waals surface area contributed by atoms with Crippen molar-refractivity contribution >= 4 is 17.9 Å². The molecular weight excluding hydrogens is 346 g/mol. The zero-order valence-electron chi connectivity index (χ0n) is 15.2. The minimum atomic E-state index is -0.207. The summed E-state index contributed by atoms with van der Waals surface area (Å²) in [5, 5.41) is 5.46. The van der Waals surface area contributed by atoms with Gasteiger partial charge < -0.3 is 20.1 Å². The maximum atomic E-state index is 11.8.